The minimum atomic E-state index is -0.756. The molecule has 2 N–H and O–H groups in total. The van der Waals surface area contributed by atoms with Gasteiger partial charge in [-0.1, -0.05) is 6.42 Å². The molecule has 1 aromatic rings. The summed E-state index contributed by atoms with van der Waals surface area (Å²) in [6.45, 7) is 3.87. The van der Waals surface area contributed by atoms with E-state index in [1.165, 1.54) is 12.0 Å². The third-order valence-corrected chi connectivity index (χ3v) is 5.80. The van der Waals surface area contributed by atoms with Crippen molar-refractivity contribution in [2.75, 3.05) is 51.3 Å². The number of ether oxygens (including phenoxy) is 1. The van der Waals surface area contributed by atoms with Gasteiger partial charge in [-0.2, -0.15) is 0 Å². The lowest BCUT2D eigenvalue weighted by molar-refractivity contribution is -0.137. The van der Waals surface area contributed by atoms with Crippen LogP contribution in [0, 0.1) is 0 Å². The number of nitrogens with one attached hydrogen (secondary N) is 1. The zero-order chi connectivity index (χ0) is 23.1. The van der Waals surface area contributed by atoms with Gasteiger partial charge in [-0.15, -0.1) is 0 Å². The highest BCUT2D eigenvalue weighted by atomic mass is 16.5. The molecule has 2 fully saturated rings. The molecule has 174 valence electrons. The Morgan fingerprint density at radius 3 is 2.47 bits per heavy atom. The van der Waals surface area contributed by atoms with E-state index < -0.39 is 12.0 Å². The molecule has 0 radical (unpaired) electrons. The lowest BCUT2D eigenvalue weighted by atomic mass is 10.1. The summed E-state index contributed by atoms with van der Waals surface area (Å²) in [5, 5.41) is 11.0. The molecule has 10 heteroatoms. The third-order valence-electron chi connectivity index (χ3n) is 5.80. The van der Waals surface area contributed by atoms with Gasteiger partial charge >= 0.3 is 12.0 Å². The first kappa shape index (κ1) is 23.5. The number of carbonyl (C=O) groups is 4. The summed E-state index contributed by atoms with van der Waals surface area (Å²) in [5.41, 5.74) is 0.927. The Balaban J connectivity index is 1.57. The Morgan fingerprint density at radius 2 is 1.81 bits per heavy atom. The van der Waals surface area contributed by atoms with Crippen molar-refractivity contribution in [3.8, 4) is 5.75 Å². The first-order chi connectivity index (χ1) is 15.4. The number of nitrogens with zero attached hydrogens (tertiary/aromatic N) is 3. The van der Waals surface area contributed by atoms with Gasteiger partial charge in [-0.05, 0) is 37.6 Å². The number of urea groups is 1. The van der Waals surface area contributed by atoms with Crippen molar-refractivity contribution in [1.29, 1.82) is 0 Å². The minimum absolute atomic E-state index is 0.108. The van der Waals surface area contributed by atoms with Crippen LogP contribution in [0.4, 0.5) is 10.5 Å². The van der Waals surface area contributed by atoms with Gasteiger partial charge in [0.05, 0.1) is 12.8 Å². The highest BCUT2D eigenvalue weighted by molar-refractivity contribution is 6.07. The number of anilines is 1. The highest BCUT2D eigenvalue weighted by Crippen LogP contribution is 2.31. The van der Waals surface area contributed by atoms with Crippen molar-refractivity contribution in [3.63, 3.8) is 0 Å². The number of methoxy groups -OCH3 is 1. The molecule has 10 nitrogen and oxygen atoms in total. The zero-order valence-corrected chi connectivity index (χ0v) is 18.3. The maximum Gasteiger partial charge on any atom is 0.328 e. The molecule has 0 atom stereocenters. The van der Waals surface area contributed by atoms with E-state index in [9.17, 15) is 19.2 Å². The van der Waals surface area contributed by atoms with Gasteiger partial charge < -0.3 is 14.7 Å². The summed E-state index contributed by atoms with van der Waals surface area (Å²) >= 11 is 0. The maximum absolute atomic E-state index is 13.1. The first-order valence-corrected chi connectivity index (χ1v) is 10.9. The summed E-state index contributed by atoms with van der Waals surface area (Å²) in [4.78, 5) is 52.9. The van der Waals surface area contributed by atoms with Crippen LogP contribution in [0.5, 0.6) is 5.75 Å². The molecule has 32 heavy (non-hydrogen) atoms. The Labute approximate surface area is 187 Å². The van der Waals surface area contributed by atoms with Crippen molar-refractivity contribution < 1.29 is 29.0 Å². The SMILES string of the molecule is COc1ccc(C(=O)N2CCN(CCCCCC(=O)O)CC2)cc1N1CCC(=O)NC1=O. The van der Waals surface area contributed by atoms with Gasteiger partial charge in [-0.25, -0.2) is 4.79 Å². The van der Waals surface area contributed by atoms with Gasteiger partial charge in [0.2, 0.25) is 5.91 Å². The van der Waals surface area contributed by atoms with Crippen LogP contribution < -0.4 is 15.0 Å². The Kier molecular flexibility index (Phi) is 8.04. The molecule has 2 aliphatic rings. The molecule has 0 bridgehead atoms. The molecular formula is C22H30N4O6. The molecule has 0 spiro atoms. The average molecular weight is 447 g/mol. The number of aliphatic carboxylic acids is 1. The van der Waals surface area contributed by atoms with Crippen molar-refractivity contribution in [2.24, 2.45) is 0 Å². The fraction of sp³-hybridized carbons (Fsp3) is 0.545. The topological polar surface area (TPSA) is 119 Å². The predicted octanol–water partition coefficient (Wildman–Crippen LogP) is 1.54. The van der Waals surface area contributed by atoms with Crippen LogP contribution in [0.25, 0.3) is 0 Å². The van der Waals surface area contributed by atoms with Gasteiger partial charge in [0.25, 0.3) is 5.91 Å². The van der Waals surface area contributed by atoms with Crippen LogP contribution in [-0.4, -0.2) is 85.1 Å². The minimum Gasteiger partial charge on any atom is -0.495 e. The second-order valence-electron chi connectivity index (χ2n) is 7.98. The number of unbranched alkanes of at least 4 members (excludes halogenated alkanes) is 2. The van der Waals surface area contributed by atoms with E-state index >= 15 is 0 Å². The number of amides is 4. The van der Waals surface area contributed by atoms with Crippen LogP contribution >= 0.6 is 0 Å². The largest absolute Gasteiger partial charge is 0.495 e. The van der Waals surface area contributed by atoms with E-state index in [2.05, 4.69) is 10.2 Å². The molecule has 0 aliphatic carbocycles. The average Bonchev–Trinajstić information content (AvgIpc) is 2.78. The van der Waals surface area contributed by atoms with Crippen molar-refractivity contribution in [3.05, 3.63) is 23.8 Å². The van der Waals surface area contributed by atoms with Gasteiger partial charge in [-0.3, -0.25) is 29.5 Å². The summed E-state index contributed by atoms with van der Waals surface area (Å²) in [6.07, 6.45) is 2.92. The van der Waals surface area contributed by atoms with E-state index in [-0.39, 0.29) is 31.2 Å². The summed E-state index contributed by atoms with van der Waals surface area (Å²) in [7, 11) is 1.49. The summed E-state index contributed by atoms with van der Waals surface area (Å²) in [5.74, 6) is -0.729. The molecule has 4 amide bonds. The lowest BCUT2D eigenvalue weighted by Crippen LogP contribution is -2.50. The Hall–Kier alpha value is -3.14. The number of hydrogen-bond donors (Lipinski definition) is 2. The van der Waals surface area contributed by atoms with E-state index in [1.807, 2.05) is 0 Å². The van der Waals surface area contributed by atoms with Crippen molar-refractivity contribution in [2.45, 2.75) is 32.1 Å². The monoisotopic (exact) mass is 446 g/mol. The van der Waals surface area contributed by atoms with E-state index in [0.29, 0.717) is 36.5 Å². The summed E-state index contributed by atoms with van der Waals surface area (Å²) < 4.78 is 5.37. The predicted molar refractivity (Wildman–Crippen MR) is 117 cm³/mol. The number of carbonyl (C=O) groups excluding carboxylic acids is 3. The Bertz CT molecular complexity index is 866. The normalized spacial score (nSPS) is 17.3. The van der Waals surface area contributed by atoms with Gasteiger partial charge in [0.15, 0.2) is 0 Å². The zero-order valence-electron chi connectivity index (χ0n) is 18.3. The Morgan fingerprint density at radius 1 is 1.06 bits per heavy atom. The second kappa shape index (κ2) is 10.9. The van der Waals surface area contributed by atoms with Gasteiger partial charge in [0, 0.05) is 51.1 Å². The van der Waals surface area contributed by atoms with Crippen molar-refractivity contribution in [1.82, 2.24) is 15.1 Å². The molecule has 2 aliphatic heterocycles. The molecule has 3 rings (SSSR count). The maximum atomic E-state index is 13.1. The highest BCUT2D eigenvalue weighted by Gasteiger charge is 2.28. The van der Waals surface area contributed by atoms with Crippen molar-refractivity contribution >= 4 is 29.5 Å². The van der Waals surface area contributed by atoms with Crippen LogP contribution in [-0.2, 0) is 9.59 Å². The third kappa shape index (κ3) is 5.97. The molecule has 2 saturated heterocycles. The first-order valence-electron chi connectivity index (χ1n) is 10.9. The molecule has 0 aromatic heterocycles. The van der Waals surface area contributed by atoms with E-state index in [4.69, 9.17) is 9.84 Å². The number of benzene rings is 1. The number of hydrogen-bond acceptors (Lipinski definition) is 6. The molecule has 0 saturated carbocycles. The van der Waals surface area contributed by atoms with Crippen LogP contribution in [0.1, 0.15) is 42.5 Å². The van der Waals surface area contributed by atoms with Crippen LogP contribution in [0.2, 0.25) is 0 Å². The smallest absolute Gasteiger partial charge is 0.328 e. The number of carboxylic acids is 1. The van der Waals surface area contributed by atoms with Crippen LogP contribution in [0.3, 0.4) is 0 Å². The van der Waals surface area contributed by atoms with Gasteiger partial charge in [0.1, 0.15) is 5.75 Å². The number of imide groups is 1. The summed E-state index contributed by atoms with van der Waals surface area (Å²) in [6, 6.07) is 4.47. The van der Waals surface area contributed by atoms with E-state index in [0.717, 1.165) is 32.5 Å². The molecule has 1 aromatic carbocycles. The number of rotatable bonds is 9. The quantitative estimate of drug-likeness (QED) is 0.552. The van der Waals surface area contributed by atoms with Crippen LogP contribution in [0.15, 0.2) is 18.2 Å². The molecule has 2 heterocycles. The fourth-order valence-electron chi connectivity index (χ4n) is 3.97. The second-order valence-corrected chi connectivity index (χ2v) is 7.98. The van der Waals surface area contributed by atoms with E-state index in [1.54, 1.807) is 23.1 Å². The number of piperazine rings is 1. The number of carboxylic acid groups (broad SMARTS) is 1. The molecular weight excluding hydrogens is 416 g/mol. The standard InChI is InChI=1S/C22H30N4O6/c1-32-18-7-6-16(15-17(18)26-10-8-19(27)23-22(26)31)21(30)25-13-11-24(12-14-25)9-4-2-3-5-20(28)29/h6-7,15H,2-5,8-14H2,1H3,(H,28,29)(H,23,27,31). The fourth-order valence-corrected chi connectivity index (χ4v) is 3.97. The molecule has 0 unspecified atom stereocenters. The lowest BCUT2D eigenvalue weighted by Gasteiger charge is -2.35.